The number of H-pyrrole nitrogens is 1. The quantitative estimate of drug-likeness (QED) is 0.647. The molecule has 0 radical (unpaired) electrons. The molecule has 0 saturated carbocycles. The van der Waals surface area contributed by atoms with Gasteiger partial charge in [-0.1, -0.05) is 0 Å². The van der Waals surface area contributed by atoms with Crippen molar-refractivity contribution in [3.63, 3.8) is 0 Å². The van der Waals surface area contributed by atoms with Crippen molar-refractivity contribution in [2.24, 2.45) is 0 Å². The van der Waals surface area contributed by atoms with Crippen LogP contribution in [0.4, 0.5) is 4.39 Å². The van der Waals surface area contributed by atoms with Crippen LogP contribution in [-0.2, 0) is 0 Å². The van der Waals surface area contributed by atoms with Gasteiger partial charge in [0.2, 0.25) is 0 Å². The molecule has 3 aromatic heterocycles. The maximum Gasteiger partial charge on any atom is 0.166 e. The van der Waals surface area contributed by atoms with E-state index in [1.165, 1.54) is 10.7 Å². The van der Waals surface area contributed by atoms with Crippen molar-refractivity contribution in [3.8, 4) is 11.4 Å². The van der Waals surface area contributed by atoms with E-state index in [0.29, 0.717) is 11.5 Å². The number of fused-ring (bicyclic) bond motifs is 1. The first-order chi connectivity index (χ1) is 7.34. The molecule has 74 valence electrons. The molecule has 0 spiro atoms. The minimum atomic E-state index is -0.420. The van der Waals surface area contributed by atoms with Gasteiger partial charge in [-0.2, -0.15) is 5.10 Å². The zero-order valence-electron chi connectivity index (χ0n) is 7.55. The summed E-state index contributed by atoms with van der Waals surface area (Å²) in [7, 11) is 0. The van der Waals surface area contributed by atoms with Gasteiger partial charge in [-0.3, -0.25) is 0 Å². The van der Waals surface area contributed by atoms with Crippen LogP contribution < -0.4 is 0 Å². The number of halogens is 1. The average Bonchev–Trinajstić information content (AvgIpc) is 2.82. The molecule has 1 N–H and O–H groups in total. The van der Waals surface area contributed by atoms with Crippen LogP contribution >= 0.6 is 0 Å². The molecule has 0 atom stereocenters. The third kappa shape index (κ3) is 1.18. The minimum absolute atomic E-state index is 0.420. The second-order valence-electron chi connectivity index (χ2n) is 3.04. The summed E-state index contributed by atoms with van der Waals surface area (Å²) in [6, 6.07) is 0. The van der Waals surface area contributed by atoms with E-state index in [1.807, 2.05) is 0 Å². The van der Waals surface area contributed by atoms with Crippen molar-refractivity contribution in [3.05, 3.63) is 36.8 Å². The van der Waals surface area contributed by atoms with Crippen molar-refractivity contribution in [1.82, 2.24) is 24.6 Å². The lowest BCUT2D eigenvalue weighted by Crippen LogP contribution is -1.91. The molecule has 0 fully saturated rings. The molecule has 3 aromatic rings. The lowest BCUT2D eigenvalue weighted by molar-refractivity contribution is 0.607. The molecule has 0 unspecified atom stereocenters. The third-order valence-electron chi connectivity index (χ3n) is 2.08. The molecule has 0 aliphatic carbocycles. The van der Waals surface area contributed by atoms with E-state index >= 15 is 0 Å². The molecule has 6 heteroatoms. The first kappa shape index (κ1) is 8.10. The minimum Gasteiger partial charge on any atom is -0.344 e. The van der Waals surface area contributed by atoms with Gasteiger partial charge in [-0.05, 0) is 0 Å². The van der Waals surface area contributed by atoms with Crippen molar-refractivity contribution >= 4 is 5.65 Å². The van der Waals surface area contributed by atoms with Crippen molar-refractivity contribution in [2.75, 3.05) is 0 Å². The summed E-state index contributed by atoms with van der Waals surface area (Å²) in [4.78, 5) is 11.0. The van der Waals surface area contributed by atoms with Crippen molar-refractivity contribution < 1.29 is 4.39 Å². The molecule has 3 heterocycles. The smallest absolute Gasteiger partial charge is 0.166 e. The van der Waals surface area contributed by atoms with Crippen LogP contribution in [0.25, 0.3) is 17.0 Å². The van der Waals surface area contributed by atoms with Crippen LogP contribution in [0.2, 0.25) is 0 Å². The summed E-state index contributed by atoms with van der Waals surface area (Å²) in [6.45, 7) is 0. The van der Waals surface area contributed by atoms with E-state index in [4.69, 9.17) is 0 Å². The summed E-state index contributed by atoms with van der Waals surface area (Å²) >= 11 is 0. The van der Waals surface area contributed by atoms with E-state index in [0.717, 1.165) is 11.8 Å². The highest BCUT2D eigenvalue weighted by molar-refractivity contribution is 5.71. The highest BCUT2D eigenvalue weighted by Gasteiger charge is 2.09. The van der Waals surface area contributed by atoms with E-state index < -0.39 is 5.82 Å². The molecule has 0 bridgehead atoms. The average molecular weight is 203 g/mol. The Bertz CT molecular complexity index is 598. The molecule has 3 rings (SSSR count). The zero-order valence-corrected chi connectivity index (χ0v) is 7.55. The van der Waals surface area contributed by atoms with Gasteiger partial charge >= 0.3 is 0 Å². The largest absolute Gasteiger partial charge is 0.344 e. The monoisotopic (exact) mass is 203 g/mol. The summed E-state index contributed by atoms with van der Waals surface area (Å²) in [5.41, 5.74) is 1.33. The first-order valence-electron chi connectivity index (χ1n) is 4.33. The number of nitrogens with zero attached hydrogens (tertiary/aromatic N) is 4. The molecule has 0 saturated heterocycles. The zero-order chi connectivity index (χ0) is 10.3. The third-order valence-corrected chi connectivity index (χ3v) is 2.08. The molecular formula is C9H6FN5. The van der Waals surface area contributed by atoms with E-state index in [1.54, 1.807) is 18.6 Å². The highest BCUT2D eigenvalue weighted by atomic mass is 19.1. The van der Waals surface area contributed by atoms with Gasteiger partial charge in [0.1, 0.15) is 5.82 Å². The van der Waals surface area contributed by atoms with Crippen LogP contribution in [-0.4, -0.2) is 24.6 Å². The summed E-state index contributed by atoms with van der Waals surface area (Å²) < 4.78 is 14.2. The Kier molecular flexibility index (Phi) is 1.55. The van der Waals surface area contributed by atoms with Gasteiger partial charge in [0.25, 0.3) is 0 Å². The van der Waals surface area contributed by atoms with Gasteiger partial charge in [0.15, 0.2) is 11.5 Å². The number of aromatic amines is 1. The molecule has 0 amide bonds. The van der Waals surface area contributed by atoms with Crippen molar-refractivity contribution in [2.45, 2.75) is 0 Å². The Morgan fingerprint density at radius 3 is 3.00 bits per heavy atom. The second kappa shape index (κ2) is 2.88. The first-order valence-corrected chi connectivity index (χ1v) is 4.33. The topological polar surface area (TPSA) is 58.9 Å². The fraction of sp³-hybridized carbons (Fsp3) is 0. The summed E-state index contributed by atoms with van der Waals surface area (Å²) in [5.74, 6) is 0.251. The summed E-state index contributed by atoms with van der Waals surface area (Å²) in [5, 5.41) is 3.99. The number of aromatic nitrogens is 5. The van der Waals surface area contributed by atoms with Gasteiger partial charge in [-0.25, -0.2) is 18.9 Å². The Hall–Kier alpha value is -2.24. The maximum atomic E-state index is 12.8. The van der Waals surface area contributed by atoms with E-state index in [-0.39, 0.29) is 0 Å². The molecular weight excluding hydrogens is 197 g/mol. The maximum absolute atomic E-state index is 12.8. The lowest BCUT2D eigenvalue weighted by Gasteiger charge is -1.94. The number of imidazole rings is 1. The van der Waals surface area contributed by atoms with Crippen LogP contribution in [0.3, 0.4) is 0 Å². The van der Waals surface area contributed by atoms with Crippen LogP contribution in [0.1, 0.15) is 0 Å². The summed E-state index contributed by atoms with van der Waals surface area (Å²) in [6.07, 6.45) is 7.38. The molecule has 5 nitrogen and oxygen atoms in total. The Labute approximate surface area is 83.6 Å². The Morgan fingerprint density at radius 1 is 1.27 bits per heavy atom. The fourth-order valence-corrected chi connectivity index (χ4v) is 1.43. The number of nitrogens with one attached hydrogen (secondary N) is 1. The van der Waals surface area contributed by atoms with Gasteiger partial charge < -0.3 is 4.98 Å². The number of hydrogen-bond donors (Lipinski definition) is 1. The van der Waals surface area contributed by atoms with Crippen LogP contribution in [0, 0.1) is 5.82 Å². The number of rotatable bonds is 1. The van der Waals surface area contributed by atoms with E-state index in [9.17, 15) is 4.39 Å². The molecule has 0 aliphatic heterocycles. The van der Waals surface area contributed by atoms with Gasteiger partial charge in [0, 0.05) is 12.4 Å². The number of hydrogen-bond acceptors (Lipinski definition) is 3. The SMILES string of the molecule is Fc1cnc2c(-c3ncc[nH]3)cnn2c1. The van der Waals surface area contributed by atoms with Gasteiger partial charge in [0.05, 0.1) is 24.2 Å². The standard InChI is InChI=1S/C9H6FN5/c10-6-3-13-9-7(4-14-15(9)5-6)8-11-1-2-12-8/h1-5H,(H,11,12). The van der Waals surface area contributed by atoms with E-state index in [2.05, 4.69) is 20.1 Å². The lowest BCUT2D eigenvalue weighted by atomic mass is 10.3. The van der Waals surface area contributed by atoms with Crippen LogP contribution in [0.15, 0.2) is 31.0 Å². The predicted molar refractivity (Wildman–Crippen MR) is 50.5 cm³/mol. The molecule has 15 heavy (non-hydrogen) atoms. The van der Waals surface area contributed by atoms with Gasteiger partial charge in [-0.15, -0.1) is 0 Å². The Morgan fingerprint density at radius 2 is 2.20 bits per heavy atom. The van der Waals surface area contributed by atoms with Crippen molar-refractivity contribution in [1.29, 1.82) is 0 Å². The normalized spacial score (nSPS) is 11.0. The fourth-order valence-electron chi connectivity index (χ4n) is 1.43. The Balaban J connectivity index is 2.29. The highest BCUT2D eigenvalue weighted by Crippen LogP contribution is 2.18. The second-order valence-corrected chi connectivity index (χ2v) is 3.04. The molecule has 0 aliphatic rings. The van der Waals surface area contributed by atoms with Crippen LogP contribution in [0.5, 0.6) is 0 Å². The molecule has 0 aromatic carbocycles. The predicted octanol–water partition coefficient (Wildman–Crippen LogP) is 1.26.